The molecule has 2 heterocycles. The number of anilines is 1. The molecule has 1 aliphatic heterocycles. The normalized spacial score (nSPS) is 15.9. The van der Waals surface area contributed by atoms with Crippen LogP contribution >= 0.6 is 0 Å². The van der Waals surface area contributed by atoms with Crippen LogP contribution in [0.25, 0.3) is 22.6 Å². The van der Waals surface area contributed by atoms with Crippen LogP contribution in [0, 0.1) is 6.92 Å². The van der Waals surface area contributed by atoms with E-state index in [1.165, 1.54) is 20.0 Å². The number of hydrogen-bond donors (Lipinski definition) is 1. The minimum absolute atomic E-state index is 0.211. The maximum atomic E-state index is 12.0. The first-order valence-electron chi connectivity index (χ1n) is 8.72. The van der Waals surface area contributed by atoms with Gasteiger partial charge in [-0.1, -0.05) is 18.2 Å². The van der Waals surface area contributed by atoms with E-state index in [0.29, 0.717) is 22.7 Å². The summed E-state index contributed by atoms with van der Waals surface area (Å²) in [5.41, 5.74) is 3.68. The third kappa shape index (κ3) is 3.34. The van der Waals surface area contributed by atoms with Crippen molar-refractivity contribution in [2.45, 2.75) is 26.6 Å². The van der Waals surface area contributed by atoms with Crippen molar-refractivity contribution in [2.24, 2.45) is 0 Å². The lowest BCUT2D eigenvalue weighted by Crippen LogP contribution is -2.42. The SMILES string of the molecule is Cc1ccccc1-c1nc2ccc(NC=C3C(=O)OC(C)(C)OC3=O)cc2o1. The van der Waals surface area contributed by atoms with Gasteiger partial charge in [0.15, 0.2) is 11.2 Å². The molecule has 1 fully saturated rings. The van der Waals surface area contributed by atoms with Gasteiger partial charge in [-0.25, -0.2) is 14.6 Å². The van der Waals surface area contributed by atoms with Gasteiger partial charge in [-0.2, -0.15) is 0 Å². The Labute approximate surface area is 161 Å². The standard InChI is InChI=1S/C21H18N2O5/c1-12-6-4-5-7-14(12)18-23-16-9-8-13(10-17(16)26-18)22-11-15-19(24)27-21(2,3)28-20(15)25/h4-11,22H,1-3H3. The predicted octanol–water partition coefficient (Wildman–Crippen LogP) is 3.94. The van der Waals surface area contributed by atoms with E-state index in [-0.39, 0.29) is 5.57 Å². The molecular formula is C21H18N2O5. The zero-order valence-corrected chi connectivity index (χ0v) is 15.6. The van der Waals surface area contributed by atoms with E-state index in [1.807, 2.05) is 31.2 Å². The molecule has 0 atom stereocenters. The highest BCUT2D eigenvalue weighted by Gasteiger charge is 2.38. The second-order valence-corrected chi connectivity index (χ2v) is 6.90. The second kappa shape index (κ2) is 6.53. The number of esters is 2. The van der Waals surface area contributed by atoms with Crippen LogP contribution in [-0.2, 0) is 19.1 Å². The molecule has 1 aromatic heterocycles. The molecule has 4 rings (SSSR count). The van der Waals surface area contributed by atoms with E-state index in [2.05, 4.69) is 10.3 Å². The van der Waals surface area contributed by atoms with Crippen LogP contribution in [0.4, 0.5) is 5.69 Å². The van der Waals surface area contributed by atoms with Crippen molar-refractivity contribution in [1.82, 2.24) is 4.98 Å². The van der Waals surface area contributed by atoms with E-state index in [4.69, 9.17) is 13.9 Å². The molecule has 0 bridgehead atoms. The van der Waals surface area contributed by atoms with Gasteiger partial charge < -0.3 is 19.2 Å². The smallest absolute Gasteiger partial charge is 0.350 e. The maximum Gasteiger partial charge on any atom is 0.350 e. The van der Waals surface area contributed by atoms with E-state index < -0.39 is 17.7 Å². The van der Waals surface area contributed by atoms with Crippen LogP contribution in [0.5, 0.6) is 0 Å². The summed E-state index contributed by atoms with van der Waals surface area (Å²) in [6.45, 7) is 4.99. The summed E-state index contributed by atoms with van der Waals surface area (Å²) >= 11 is 0. The Morgan fingerprint density at radius 3 is 2.46 bits per heavy atom. The highest BCUT2D eigenvalue weighted by molar-refractivity contribution is 6.15. The molecule has 0 amide bonds. The minimum Gasteiger partial charge on any atom is -0.436 e. The summed E-state index contributed by atoms with van der Waals surface area (Å²) in [5.74, 6) is -2.21. The van der Waals surface area contributed by atoms with Crippen LogP contribution < -0.4 is 5.32 Å². The van der Waals surface area contributed by atoms with Crippen LogP contribution in [0.15, 0.2) is 58.7 Å². The molecule has 0 saturated carbocycles. The Balaban J connectivity index is 1.60. The Morgan fingerprint density at radius 1 is 1.04 bits per heavy atom. The Bertz CT molecular complexity index is 1100. The summed E-state index contributed by atoms with van der Waals surface area (Å²) in [6, 6.07) is 13.1. The molecule has 0 unspecified atom stereocenters. The van der Waals surface area contributed by atoms with E-state index in [9.17, 15) is 9.59 Å². The first-order valence-corrected chi connectivity index (χ1v) is 8.72. The molecule has 0 aliphatic carbocycles. The molecule has 1 aliphatic rings. The first kappa shape index (κ1) is 17.8. The summed E-state index contributed by atoms with van der Waals surface area (Å²) in [6.07, 6.45) is 1.26. The minimum atomic E-state index is -1.27. The van der Waals surface area contributed by atoms with Gasteiger partial charge in [0.25, 0.3) is 5.79 Å². The van der Waals surface area contributed by atoms with Crippen LogP contribution in [0.2, 0.25) is 0 Å². The molecule has 2 aromatic carbocycles. The topological polar surface area (TPSA) is 90.7 Å². The van der Waals surface area contributed by atoms with Gasteiger partial charge >= 0.3 is 11.9 Å². The number of nitrogens with one attached hydrogen (secondary N) is 1. The maximum absolute atomic E-state index is 12.0. The lowest BCUT2D eigenvalue weighted by atomic mass is 10.1. The average molecular weight is 378 g/mol. The summed E-state index contributed by atoms with van der Waals surface area (Å²) in [5, 5.41) is 2.90. The number of oxazole rings is 1. The van der Waals surface area contributed by atoms with Gasteiger partial charge in [-0.05, 0) is 30.7 Å². The fraction of sp³-hybridized carbons (Fsp3) is 0.190. The van der Waals surface area contributed by atoms with Gasteiger partial charge in [0, 0.05) is 37.4 Å². The van der Waals surface area contributed by atoms with Gasteiger partial charge in [0.1, 0.15) is 5.52 Å². The number of cyclic esters (lactones) is 2. The summed E-state index contributed by atoms with van der Waals surface area (Å²) in [7, 11) is 0. The monoisotopic (exact) mass is 378 g/mol. The lowest BCUT2D eigenvalue weighted by Gasteiger charge is -2.29. The Kier molecular flexibility index (Phi) is 4.15. The Morgan fingerprint density at radius 2 is 1.75 bits per heavy atom. The summed E-state index contributed by atoms with van der Waals surface area (Å²) < 4.78 is 16.0. The molecule has 3 aromatic rings. The zero-order valence-electron chi connectivity index (χ0n) is 15.6. The van der Waals surface area contributed by atoms with Crippen molar-refractivity contribution in [1.29, 1.82) is 0 Å². The number of aryl methyl sites for hydroxylation is 1. The van der Waals surface area contributed by atoms with Crippen molar-refractivity contribution >= 4 is 28.7 Å². The third-order valence-electron chi connectivity index (χ3n) is 4.26. The number of ether oxygens (including phenoxy) is 2. The molecule has 7 heteroatoms. The third-order valence-corrected chi connectivity index (χ3v) is 4.26. The lowest BCUT2D eigenvalue weighted by molar-refractivity contribution is -0.222. The largest absolute Gasteiger partial charge is 0.436 e. The van der Waals surface area contributed by atoms with Crippen molar-refractivity contribution < 1.29 is 23.5 Å². The Hall–Kier alpha value is -3.61. The first-order chi connectivity index (χ1) is 13.3. The van der Waals surface area contributed by atoms with E-state index in [1.54, 1.807) is 18.2 Å². The van der Waals surface area contributed by atoms with Crippen LogP contribution in [0.3, 0.4) is 0 Å². The number of hydrogen-bond acceptors (Lipinski definition) is 7. The van der Waals surface area contributed by atoms with Crippen molar-refractivity contribution in [2.75, 3.05) is 5.32 Å². The quantitative estimate of drug-likeness (QED) is 0.419. The highest BCUT2D eigenvalue weighted by atomic mass is 16.7. The summed E-state index contributed by atoms with van der Waals surface area (Å²) in [4.78, 5) is 28.5. The van der Waals surface area contributed by atoms with Gasteiger partial charge in [0.05, 0.1) is 0 Å². The average Bonchev–Trinajstić information content (AvgIpc) is 3.03. The van der Waals surface area contributed by atoms with Crippen LogP contribution in [-0.4, -0.2) is 22.7 Å². The highest BCUT2D eigenvalue weighted by Crippen LogP contribution is 2.28. The predicted molar refractivity (Wildman–Crippen MR) is 102 cm³/mol. The zero-order chi connectivity index (χ0) is 19.9. The molecule has 142 valence electrons. The number of carbonyl (C=O) groups is 2. The molecule has 0 spiro atoms. The number of aromatic nitrogens is 1. The van der Waals surface area contributed by atoms with Gasteiger partial charge in [-0.3, -0.25) is 0 Å². The molecule has 7 nitrogen and oxygen atoms in total. The number of carbonyl (C=O) groups excluding carboxylic acids is 2. The number of fused-ring (bicyclic) bond motifs is 1. The molecular weight excluding hydrogens is 360 g/mol. The van der Waals surface area contributed by atoms with Crippen molar-refractivity contribution in [3.05, 3.63) is 59.8 Å². The number of benzene rings is 2. The van der Waals surface area contributed by atoms with Crippen molar-refractivity contribution in [3.8, 4) is 11.5 Å². The number of rotatable bonds is 3. The van der Waals surface area contributed by atoms with Gasteiger partial charge in [-0.15, -0.1) is 0 Å². The molecule has 0 radical (unpaired) electrons. The molecule has 1 saturated heterocycles. The fourth-order valence-electron chi connectivity index (χ4n) is 2.88. The number of nitrogens with zero attached hydrogens (tertiary/aromatic N) is 1. The fourth-order valence-corrected chi connectivity index (χ4v) is 2.88. The van der Waals surface area contributed by atoms with Crippen molar-refractivity contribution in [3.63, 3.8) is 0 Å². The van der Waals surface area contributed by atoms with Gasteiger partial charge in [0.2, 0.25) is 5.89 Å². The second-order valence-electron chi connectivity index (χ2n) is 6.90. The molecule has 1 N–H and O–H groups in total. The molecule has 28 heavy (non-hydrogen) atoms. The van der Waals surface area contributed by atoms with Crippen LogP contribution in [0.1, 0.15) is 19.4 Å². The van der Waals surface area contributed by atoms with E-state index >= 15 is 0 Å². The van der Waals surface area contributed by atoms with E-state index in [0.717, 1.165) is 11.1 Å².